The van der Waals surface area contributed by atoms with E-state index < -0.39 is 5.97 Å². The van der Waals surface area contributed by atoms with Crippen molar-refractivity contribution in [3.63, 3.8) is 0 Å². The van der Waals surface area contributed by atoms with E-state index in [4.69, 9.17) is 9.47 Å². The number of aromatic nitrogens is 1. The average Bonchev–Trinajstić information content (AvgIpc) is 2.83. The van der Waals surface area contributed by atoms with E-state index in [1.54, 1.807) is 18.5 Å². The van der Waals surface area contributed by atoms with E-state index in [9.17, 15) is 9.90 Å². The van der Waals surface area contributed by atoms with Gasteiger partial charge in [-0.15, -0.1) is 0 Å². The number of aromatic carboxylic acids is 1. The van der Waals surface area contributed by atoms with Crippen LogP contribution in [0.2, 0.25) is 0 Å². The molecule has 0 radical (unpaired) electrons. The summed E-state index contributed by atoms with van der Waals surface area (Å²) in [7, 11) is 0. The van der Waals surface area contributed by atoms with Gasteiger partial charge in [0.1, 0.15) is 0 Å². The number of carboxylic acids is 1. The van der Waals surface area contributed by atoms with Crippen LogP contribution >= 0.6 is 0 Å². The number of carboxylic acid groups (broad SMARTS) is 1. The fourth-order valence-corrected chi connectivity index (χ4v) is 3.95. The molecule has 4 rings (SSSR count). The summed E-state index contributed by atoms with van der Waals surface area (Å²) in [6.45, 7) is 3.47. The number of ether oxygens (including phenoxy) is 2. The minimum atomic E-state index is -0.977. The number of carbonyl (C=O) groups is 1. The molecule has 1 aliphatic heterocycles. The lowest BCUT2D eigenvalue weighted by Crippen LogP contribution is -2.22. The van der Waals surface area contributed by atoms with Crippen molar-refractivity contribution in [3.05, 3.63) is 76.6 Å². The summed E-state index contributed by atoms with van der Waals surface area (Å²) in [5, 5.41) is 11.1. The SMILES string of the molecule is Cc1c(C#Cc2ccc(CCCOC3CCCCO3)cc2)cc(C(=O)O)c2cnccc12. The van der Waals surface area contributed by atoms with Gasteiger partial charge in [-0.25, -0.2) is 4.79 Å². The van der Waals surface area contributed by atoms with E-state index in [1.165, 1.54) is 12.0 Å². The third kappa shape index (κ3) is 5.34. The van der Waals surface area contributed by atoms with Crippen molar-refractivity contribution >= 4 is 16.7 Å². The first kappa shape index (κ1) is 22.0. The van der Waals surface area contributed by atoms with Crippen LogP contribution in [0.1, 0.15) is 58.3 Å². The Hall–Kier alpha value is -3.20. The highest BCUT2D eigenvalue weighted by molar-refractivity contribution is 6.05. The molecule has 164 valence electrons. The van der Waals surface area contributed by atoms with Gasteiger partial charge in [-0.3, -0.25) is 4.98 Å². The van der Waals surface area contributed by atoms with Gasteiger partial charge < -0.3 is 14.6 Å². The van der Waals surface area contributed by atoms with Crippen molar-refractivity contribution in [3.8, 4) is 11.8 Å². The zero-order valence-electron chi connectivity index (χ0n) is 18.3. The second-order valence-electron chi connectivity index (χ2n) is 8.04. The Balaban J connectivity index is 1.41. The van der Waals surface area contributed by atoms with Crippen LogP contribution < -0.4 is 0 Å². The molecule has 1 aliphatic rings. The molecule has 3 aromatic rings. The Labute approximate surface area is 188 Å². The molecule has 1 fully saturated rings. The maximum absolute atomic E-state index is 11.7. The third-order valence-corrected chi connectivity index (χ3v) is 5.79. The minimum absolute atomic E-state index is 0.0298. The Morgan fingerprint density at radius 1 is 1.19 bits per heavy atom. The lowest BCUT2D eigenvalue weighted by Gasteiger charge is -2.22. The summed E-state index contributed by atoms with van der Waals surface area (Å²) in [6.07, 6.45) is 8.44. The monoisotopic (exact) mass is 429 g/mol. The molecule has 1 aromatic heterocycles. The maximum atomic E-state index is 11.7. The second kappa shape index (κ2) is 10.4. The van der Waals surface area contributed by atoms with Crippen LogP contribution in [-0.4, -0.2) is 35.6 Å². The van der Waals surface area contributed by atoms with Gasteiger partial charge in [0.15, 0.2) is 6.29 Å². The summed E-state index contributed by atoms with van der Waals surface area (Å²) >= 11 is 0. The molecule has 0 saturated carbocycles. The second-order valence-corrected chi connectivity index (χ2v) is 8.04. The van der Waals surface area contributed by atoms with E-state index in [0.717, 1.165) is 48.8 Å². The predicted molar refractivity (Wildman–Crippen MR) is 124 cm³/mol. The van der Waals surface area contributed by atoms with E-state index in [0.29, 0.717) is 17.6 Å². The maximum Gasteiger partial charge on any atom is 0.336 e. The smallest absolute Gasteiger partial charge is 0.336 e. The highest BCUT2D eigenvalue weighted by Crippen LogP contribution is 2.25. The number of benzene rings is 2. The van der Waals surface area contributed by atoms with Crippen LogP contribution in [0.25, 0.3) is 10.8 Å². The number of hydrogen-bond acceptors (Lipinski definition) is 4. The quantitative estimate of drug-likeness (QED) is 0.435. The predicted octanol–water partition coefficient (Wildman–Crippen LogP) is 5.12. The van der Waals surface area contributed by atoms with Crippen molar-refractivity contribution in [2.45, 2.75) is 45.3 Å². The van der Waals surface area contributed by atoms with Crippen molar-refractivity contribution in [1.82, 2.24) is 4.98 Å². The van der Waals surface area contributed by atoms with Gasteiger partial charge in [0.05, 0.1) is 12.2 Å². The van der Waals surface area contributed by atoms with Gasteiger partial charge in [0.25, 0.3) is 0 Å². The topological polar surface area (TPSA) is 68.7 Å². The van der Waals surface area contributed by atoms with Crippen LogP contribution in [-0.2, 0) is 15.9 Å². The van der Waals surface area contributed by atoms with E-state index >= 15 is 0 Å². The molecule has 5 nitrogen and oxygen atoms in total. The molecular formula is C27H27NO4. The standard InChI is InChI=1S/C27H27NO4/c1-19-22(17-24(27(29)30)25-18-28-14-13-23(19)25)12-11-21-9-7-20(8-10-21)5-4-16-32-26-6-2-3-15-31-26/h7-10,13-14,17-18,26H,2-6,15-16H2,1H3,(H,29,30). The number of fused-ring (bicyclic) bond motifs is 1. The summed E-state index contributed by atoms with van der Waals surface area (Å²) < 4.78 is 11.4. The van der Waals surface area contributed by atoms with Crippen LogP contribution in [0.4, 0.5) is 0 Å². The first-order valence-corrected chi connectivity index (χ1v) is 11.1. The third-order valence-electron chi connectivity index (χ3n) is 5.79. The molecule has 2 heterocycles. The zero-order valence-corrected chi connectivity index (χ0v) is 18.3. The molecule has 1 N–H and O–H groups in total. The van der Waals surface area contributed by atoms with Crippen molar-refractivity contribution in [1.29, 1.82) is 0 Å². The van der Waals surface area contributed by atoms with Crippen LogP contribution in [0.5, 0.6) is 0 Å². The Morgan fingerprint density at radius 3 is 2.78 bits per heavy atom. The van der Waals surface area contributed by atoms with E-state index in [2.05, 4.69) is 29.0 Å². The minimum Gasteiger partial charge on any atom is -0.478 e. The number of nitrogens with zero attached hydrogens (tertiary/aromatic N) is 1. The summed E-state index contributed by atoms with van der Waals surface area (Å²) in [5.74, 6) is 5.35. The molecule has 1 saturated heterocycles. The molecule has 2 aromatic carbocycles. The Bertz CT molecular complexity index is 1150. The first-order chi connectivity index (χ1) is 15.6. The number of pyridine rings is 1. The van der Waals surface area contributed by atoms with E-state index in [1.807, 2.05) is 25.1 Å². The van der Waals surface area contributed by atoms with Crippen molar-refractivity contribution in [2.24, 2.45) is 0 Å². The zero-order chi connectivity index (χ0) is 22.3. The number of rotatable bonds is 6. The lowest BCUT2D eigenvalue weighted by molar-refractivity contribution is -0.162. The lowest BCUT2D eigenvalue weighted by atomic mass is 9.96. The summed E-state index contributed by atoms with van der Waals surface area (Å²) in [6, 6.07) is 11.7. The highest BCUT2D eigenvalue weighted by atomic mass is 16.7. The van der Waals surface area contributed by atoms with Gasteiger partial charge in [0, 0.05) is 35.5 Å². The van der Waals surface area contributed by atoms with Crippen LogP contribution in [0, 0.1) is 18.8 Å². The largest absolute Gasteiger partial charge is 0.478 e. The summed E-state index contributed by atoms with van der Waals surface area (Å²) in [4.78, 5) is 15.8. The molecule has 5 heteroatoms. The van der Waals surface area contributed by atoms with Gasteiger partial charge in [-0.2, -0.15) is 0 Å². The van der Waals surface area contributed by atoms with Crippen molar-refractivity contribution in [2.75, 3.05) is 13.2 Å². The Morgan fingerprint density at radius 2 is 2.03 bits per heavy atom. The average molecular weight is 430 g/mol. The molecule has 1 atom stereocenters. The molecule has 32 heavy (non-hydrogen) atoms. The van der Waals surface area contributed by atoms with Gasteiger partial charge in [-0.05, 0) is 79.8 Å². The fourth-order valence-electron chi connectivity index (χ4n) is 3.95. The fraction of sp³-hybridized carbons (Fsp3) is 0.333. The molecule has 0 spiro atoms. The molecule has 0 aliphatic carbocycles. The molecule has 0 amide bonds. The van der Waals surface area contributed by atoms with Gasteiger partial charge >= 0.3 is 5.97 Å². The van der Waals surface area contributed by atoms with Crippen LogP contribution in [0.15, 0.2) is 48.8 Å². The molecule has 0 bridgehead atoms. The van der Waals surface area contributed by atoms with Gasteiger partial charge in [-0.1, -0.05) is 24.0 Å². The summed E-state index contributed by atoms with van der Waals surface area (Å²) in [5.41, 5.74) is 4.03. The normalized spacial score (nSPS) is 15.8. The number of aryl methyl sites for hydroxylation is 2. The Kier molecular flexibility index (Phi) is 7.16. The highest BCUT2D eigenvalue weighted by Gasteiger charge is 2.14. The first-order valence-electron chi connectivity index (χ1n) is 11.1. The van der Waals surface area contributed by atoms with E-state index in [-0.39, 0.29) is 11.9 Å². The van der Waals surface area contributed by atoms with Crippen molar-refractivity contribution < 1.29 is 19.4 Å². The molecule has 1 unspecified atom stereocenters. The van der Waals surface area contributed by atoms with Crippen LogP contribution in [0.3, 0.4) is 0 Å². The number of hydrogen-bond donors (Lipinski definition) is 1. The van der Waals surface area contributed by atoms with Gasteiger partial charge in [0.2, 0.25) is 0 Å². The molecular weight excluding hydrogens is 402 g/mol.